The van der Waals surface area contributed by atoms with Crippen molar-refractivity contribution < 1.29 is 23.9 Å². The van der Waals surface area contributed by atoms with E-state index in [0.717, 1.165) is 16.3 Å². The Hall–Kier alpha value is -3.42. The molecule has 0 unspecified atom stereocenters. The number of esters is 1. The summed E-state index contributed by atoms with van der Waals surface area (Å²) in [5, 5.41) is 2.63. The number of imide groups is 1. The van der Waals surface area contributed by atoms with E-state index in [0.29, 0.717) is 11.1 Å². The number of Topliss-reactive ketones (excluding diaryl/α,β-unsaturated/α-hetero) is 1. The molecule has 1 aliphatic rings. The fourth-order valence-corrected chi connectivity index (χ4v) is 4.06. The number of hydrogen-bond acceptors (Lipinski definition) is 5. The maximum absolute atomic E-state index is 12.8. The van der Waals surface area contributed by atoms with Crippen molar-refractivity contribution in [2.24, 2.45) is 0 Å². The molecule has 1 N–H and O–H groups in total. The number of benzene rings is 1. The van der Waals surface area contributed by atoms with E-state index < -0.39 is 36.6 Å². The quantitative estimate of drug-likeness (QED) is 0.418. The van der Waals surface area contributed by atoms with Crippen molar-refractivity contribution in [3.63, 3.8) is 0 Å². The number of carbonyl (C=O) groups excluding carboxylic acids is 4. The number of hydrogen-bond donors (Lipinski definition) is 1. The molecular weight excluding hydrogens is 398 g/mol. The van der Waals surface area contributed by atoms with Gasteiger partial charge in [0, 0.05) is 23.0 Å². The molecule has 1 fully saturated rings. The van der Waals surface area contributed by atoms with Crippen LogP contribution < -0.4 is 5.32 Å². The molecule has 1 aromatic heterocycles. The van der Waals surface area contributed by atoms with Gasteiger partial charge in [-0.3, -0.25) is 19.3 Å². The first-order valence-electron chi connectivity index (χ1n) is 10.1. The third-order valence-electron chi connectivity index (χ3n) is 5.58. The highest BCUT2D eigenvalue weighted by atomic mass is 16.5. The Balaban J connectivity index is 1.64. The van der Waals surface area contributed by atoms with Crippen LogP contribution in [0.3, 0.4) is 0 Å². The van der Waals surface area contributed by atoms with Crippen molar-refractivity contribution in [2.75, 3.05) is 13.2 Å². The molecule has 0 aliphatic carbocycles. The van der Waals surface area contributed by atoms with Crippen LogP contribution in [0.2, 0.25) is 0 Å². The summed E-state index contributed by atoms with van der Waals surface area (Å²) >= 11 is 0. The Bertz CT molecular complexity index is 1040. The van der Waals surface area contributed by atoms with Crippen molar-refractivity contribution in [3.8, 4) is 0 Å². The lowest BCUT2D eigenvalue weighted by molar-refractivity contribution is -0.146. The molecule has 1 aromatic carbocycles. The zero-order chi connectivity index (χ0) is 22.9. The molecule has 8 nitrogen and oxygen atoms in total. The van der Waals surface area contributed by atoms with Gasteiger partial charge < -0.3 is 14.6 Å². The first kappa shape index (κ1) is 22.3. The molecule has 0 spiro atoms. The second-order valence-corrected chi connectivity index (χ2v) is 8.14. The minimum atomic E-state index is -1.26. The second-order valence-electron chi connectivity index (χ2n) is 8.14. The van der Waals surface area contributed by atoms with Crippen LogP contribution in [0.25, 0.3) is 0 Å². The number of ketones is 1. The molecule has 8 heteroatoms. The molecule has 2 heterocycles. The Morgan fingerprint density at radius 3 is 2.35 bits per heavy atom. The van der Waals surface area contributed by atoms with E-state index in [2.05, 4.69) is 5.32 Å². The predicted octanol–water partition coefficient (Wildman–Crippen LogP) is 2.88. The highest BCUT2D eigenvalue weighted by molar-refractivity contribution is 6.09. The van der Waals surface area contributed by atoms with Crippen LogP contribution in [0.5, 0.6) is 0 Å². The average Bonchev–Trinajstić information content (AvgIpc) is 3.14. The molecule has 1 atom stereocenters. The van der Waals surface area contributed by atoms with Crippen molar-refractivity contribution in [3.05, 3.63) is 58.9 Å². The zero-order valence-corrected chi connectivity index (χ0v) is 18.4. The minimum absolute atomic E-state index is 0.197. The summed E-state index contributed by atoms with van der Waals surface area (Å²) in [6.45, 7) is 8.37. The maximum atomic E-state index is 12.8. The molecule has 2 aromatic rings. The van der Waals surface area contributed by atoms with Crippen LogP contribution in [0.1, 0.15) is 54.1 Å². The summed E-state index contributed by atoms with van der Waals surface area (Å²) in [6.07, 6.45) is 0. The van der Waals surface area contributed by atoms with Crippen LogP contribution >= 0.6 is 0 Å². The van der Waals surface area contributed by atoms with E-state index in [1.165, 1.54) is 0 Å². The second kappa shape index (κ2) is 8.37. The number of rotatable bonds is 7. The van der Waals surface area contributed by atoms with Gasteiger partial charge in [0.05, 0.1) is 0 Å². The number of amides is 3. The van der Waals surface area contributed by atoms with Gasteiger partial charge in [-0.2, -0.15) is 0 Å². The first-order chi connectivity index (χ1) is 14.6. The lowest BCUT2D eigenvalue weighted by atomic mass is 9.92. The summed E-state index contributed by atoms with van der Waals surface area (Å²) in [4.78, 5) is 50.8. The summed E-state index contributed by atoms with van der Waals surface area (Å²) in [5.74, 6) is -1.71. The van der Waals surface area contributed by atoms with Crippen LogP contribution in [0, 0.1) is 13.8 Å². The Labute approximate surface area is 181 Å². The number of nitrogens with zero attached hydrogens (tertiary/aromatic N) is 2. The molecule has 164 valence electrons. The van der Waals surface area contributed by atoms with E-state index in [4.69, 9.17) is 4.74 Å². The Morgan fingerprint density at radius 2 is 1.77 bits per heavy atom. The van der Waals surface area contributed by atoms with Gasteiger partial charge in [0.1, 0.15) is 12.1 Å². The zero-order valence-electron chi connectivity index (χ0n) is 18.4. The van der Waals surface area contributed by atoms with Gasteiger partial charge in [-0.25, -0.2) is 4.79 Å². The number of aryl methyl sites for hydroxylation is 1. The maximum Gasteiger partial charge on any atom is 0.326 e. The number of urea groups is 1. The molecule has 1 aliphatic heterocycles. The lowest BCUT2D eigenvalue weighted by Crippen LogP contribution is -2.41. The van der Waals surface area contributed by atoms with Gasteiger partial charge in [0.25, 0.3) is 5.91 Å². The van der Waals surface area contributed by atoms with Crippen molar-refractivity contribution in [1.29, 1.82) is 0 Å². The van der Waals surface area contributed by atoms with Crippen LogP contribution in [0.15, 0.2) is 36.4 Å². The number of ether oxygens (including phenoxy) is 1. The standard InChI is InChI=1S/C23H27N3O5/c1-14(2)26-15(3)11-18(16(26)4)19(27)13-31-20(28)12-25-21(29)23(5,24-22(25)30)17-9-7-6-8-10-17/h6-11,14H,12-13H2,1-5H3,(H,24,30)/t23-/m0/s1. The molecular formula is C23H27N3O5. The van der Waals surface area contributed by atoms with E-state index in [-0.39, 0.29) is 11.8 Å². The Morgan fingerprint density at radius 1 is 1.13 bits per heavy atom. The van der Waals surface area contributed by atoms with Gasteiger partial charge in [-0.05, 0) is 46.2 Å². The molecule has 3 amide bonds. The van der Waals surface area contributed by atoms with Crippen LogP contribution in [-0.2, 0) is 19.9 Å². The van der Waals surface area contributed by atoms with E-state index in [1.807, 2.05) is 32.3 Å². The number of nitrogens with one attached hydrogen (secondary N) is 1. The average molecular weight is 425 g/mol. The van der Waals surface area contributed by atoms with Gasteiger partial charge in [-0.15, -0.1) is 0 Å². The summed E-state index contributed by atoms with van der Waals surface area (Å²) in [5.41, 5.74) is 1.59. The fourth-order valence-electron chi connectivity index (χ4n) is 4.06. The van der Waals surface area contributed by atoms with Gasteiger partial charge >= 0.3 is 12.0 Å². The van der Waals surface area contributed by atoms with Gasteiger partial charge in [0.2, 0.25) is 5.78 Å². The number of carbonyl (C=O) groups is 4. The SMILES string of the molecule is Cc1cc(C(=O)COC(=O)CN2C(=O)N[C@@](C)(c3ccccc3)C2=O)c(C)n1C(C)C. The normalized spacial score (nSPS) is 18.5. The van der Waals surface area contributed by atoms with Crippen LogP contribution in [-0.4, -0.2) is 46.3 Å². The van der Waals surface area contributed by atoms with Gasteiger partial charge in [0.15, 0.2) is 6.61 Å². The smallest absolute Gasteiger partial charge is 0.326 e. The van der Waals surface area contributed by atoms with E-state index >= 15 is 0 Å². The third-order valence-corrected chi connectivity index (χ3v) is 5.58. The van der Waals surface area contributed by atoms with Crippen molar-refractivity contribution in [1.82, 2.24) is 14.8 Å². The molecule has 3 rings (SSSR count). The third kappa shape index (κ3) is 4.10. The largest absolute Gasteiger partial charge is 0.456 e. The van der Waals surface area contributed by atoms with E-state index in [1.54, 1.807) is 43.3 Å². The fraction of sp³-hybridized carbons (Fsp3) is 0.391. The first-order valence-corrected chi connectivity index (χ1v) is 10.1. The summed E-state index contributed by atoms with van der Waals surface area (Å²) in [6, 6.07) is 10.1. The highest BCUT2D eigenvalue weighted by Crippen LogP contribution is 2.28. The van der Waals surface area contributed by atoms with Crippen LogP contribution in [0.4, 0.5) is 4.79 Å². The minimum Gasteiger partial charge on any atom is -0.456 e. The van der Waals surface area contributed by atoms with Gasteiger partial charge in [-0.1, -0.05) is 30.3 Å². The molecule has 0 bridgehead atoms. The molecule has 31 heavy (non-hydrogen) atoms. The Kier molecular flexibility index (Phi) is 6.01. The highest BCUT2D eigenvalue weighted by Gasteiger charge is 2.49. The van der Waals surface area contributed by atoms with E-state index in [9.17, 15) is 19.2 Å². The van der Waals surface area contributed by atoms with Crippen molar-refractivity contribution in [2.45, 2.75) is 46.2 Å². The monoisotopic (exact) mass is 425 g/mol. The molecule has 1 saturated heterocycles. The predicted molar refractivity (Wildman–Crippen MR) is 114 cm³/mol. The van der Waals surface area contributed by atoms with Crippen molar-refractivity contribution >= 4 is 23.7 Å². The number of aromatic nitrogens is 1. The summed E-state index contributed by atoms with van der Waals surface area (Å²) in [7, 11) is 0. The topological polar surface area (TPSA) is 97.7 Å². The molecule has 0 radical (unpaired) electrons. The molecule has 0 saturated carbocycles. The summed E-state index contributed by atoms with van der Waals surface area (Å²) < 4.78 is 7.12. The lowest BCUT2D eigenvalue weighted by Gasteiger charge is -2.21.